The highest BCUT2D eigenvalue weighted by Gasteiger charge is 2.18. The van der Waals surface area contributed by atoms with E-state index in [2.05, 4.69) is 58.5 Å². The first-order valence-electron chi connectivity index (χ1n) is 8.17. The molecular formula is C18H27N3OS. The molecule has 1 aliphatic rings. The Morgan fingerprint density at radius 1 is 1.26 bits per heavy atom. The minimum Gasteiger partial charge on any atom is -0.383 e. The Balaban J connectivity index is 1.69. The zero-order valence-corrected chi connectivity index (χ0v) is 14.9. The van der Waals surface area contributed by atoms with Crippen LogP contribution in [0.15, 0.2) is 36.4 Å². The smallest absolute Gasteiger partial charge is 0.169 e. The lowest BCUT2D eigenvalue weighted by Crippen LogP contribution is -2.53. The fourth-order valence-electron chi connectivity index (χ4n) is 2.63. The molecule has 1 N–H and O–H groups in total. The van der Waals surface area contributed by atoms with Crippen LogP contribution in [0.25, 0.3) is 6.08 Å². The van der Waals surface area contributed by atoms with Crippen LogP contribution in [0.1, 0.15) is 12.5 Å². The summed E-state index contributed by atoms with van der Waals surface area (Å²) in [5.41, 5.74) is 1.25. The van der Waals surface area contributed by atoms with Gasteiger partial charge in [-0.25, -0.2) is 0 Å². The molecule has 1 aromatic rings. The molecule has 1 aliphatic heterocycles. The molecule has 1 aromatic carbocycles. The van der Waals surface area contributed by atoms with Gasteiger partial charge in [-0.05, 0) is 24.7 Å². The van der Waals surface area contributed by atoms with E-state index in [-0.39, 0.29) is 6.04 Å². The van der Waals surface area contributed by atoms with Crippen molar-refractivity contribution in [2.75, 3.05) is 46.4 Å². The zero-order chi connectivity index (χ0) is 16.5. The van der Waals surface area contributed by atoms with Gasteiger partial charge in [-0.2, -0.15) is 0 Å². The first-order chi connectivity index (χ1) is 11.2. The van der Waals surface area contributed by atoms with E-state index in [0.29, 0.717) is 6.61 Å². The van der Waals surface area contributed by atoms with Gasteiger partial charge in [0.15, 0.2) is 5.11 Å². The van der Waals surface area contributed by atoms with E-state index in [1.165, 1.54) is 5.56 Å². The number of ether oxygens (including phenoxy) is 1. The molecule has 0 bridgehead atoms. The molecule has 126 valence electrons. The Morgan fingerprint density at radius 3 is 2.61 bits per heavy atom. The standard InChI is InChI=1S/C18H27N3OS/c1-16(15-22-2)19-18(23)21-13-11-20(12-14-21)10-6-9-17-7-4-3-5-8-17/h3-9,16H,10-15H2,1-2H3,(H,19,23)/b9-6+. The molecule has 0 saturated carbocycles. The van der Waals surface area contributed by atoms with Gasteiger partial charge < -0.3 is 15.0 Å². The summed E-state index contributed by atoms with van der Waals surface area (Å²) in [5, 5.41) is 4.17. The summed E-state index contributed by atoms with van der Waals surface area (Å²) in [4.78, 5) is 4.70. The van der Waals surface area contributed by atoms with Crippen molar-refractivity contribution in [2.45, 2.75) is 13.0 Å². The van der Waals surface area contributed by atoms with Crippen molar-refractivity contribution >= 4 is 23.4 Å². The van der Waals surface area contributed by atoms with Crippen LogP contribution in [0.5, 0.6) is 0 Å². The third kappa shape index (κ3) is 6.29. The number of nitrogens with one attached hydrogen (secondary N) is 1. The Kier molecular flexibility index (Phi) is 7.52. The summed E-state index contributed by atoms with van der Waals surface area (Å²) in [6.45, 7) is 7.78. The molecule has 0 aliphatic carbocycles. The van der Waals surface area contributed by atoms with E-state index in [9.17, 15) is 0 Å². The summed E-state index contributed by atoms with van der Waals surface area (Å²) >= 11 is 5.48. The Bertz CT molecular complexity index is 498. The van der Waals surface area contributed by atoms with Crippen LogP contribution >= 0.6 is 12.2 Å². The lowest BCUT2D eigenvalue weighted by molar-refractivity contribution is 0.172. The first kappa shape index (κ1) is 17.9. The molecule has 1 atom stereocenters. The summed E-state index contributed by atoms with van der Waals surface area (Å²) < 4.78 is 5.13. The van der Waals surface area contributed by atoms with Gasteiger partial charge in [0.05, 0.1) is 6.61 Å². The van der Waals surface area contributed by atoms with Crippen LogP contribution in [0.3, 0.4) is 0 Å². The quantitative estimate of drug-likeness (QED) is 0.806. The van der Waals surface area contributed by atoms with E-state index >= 15 is 0 Å². The highest BCUT2D eigenvalue weighted by Crippen LogP contribution is 2.05. The van der Waals surface area contributed by atoms with Crippen molar-refractivity contribution in [3.05, 3.63) is 42.0 Å². The SMILES string of the molecule is COCC(C)NC(=S)N1CCN(C/C=C/c2ccccc2)CC1. The van der Waals surface area contributed by atoms with Crippen LogP contribution < -0.4 is 5.32 Å². The van der Waals surface area contributed by atoms with Gasteiger partial charge in [0.2, 0.25) is 0 Å². The second kappa shape index (κ2) is 9.65. The Hall–Kier alpha value is -1.43. The largest absolute Gasteiger partial charge is 0.383 e. The summed E-state index contributed by atoms with van der Waals surface area (Å²) in [6.07, 6.45) is 4.42. The first-order valence-corrected chi connectivity index (χ1v) is 8.58. The molecular weight excluding hydrogens is 306 g/mol. The number of hydrogen-bond acceptors (Lipinski definition) is 3. The number of benzene rings is 1. The number of hydrogen-bond donors (Lipinski definition) is 1. The minimum absolute atomic E-state index is 0.249. The van der Waals surface area contributed by atoms with Crippen molar-refractivity contribution < 1.29 is 4.74 Å². The molecule has 0 amide bonds. The molecule has 1 fully saturated rings. The van der Waals surface area contributed by atoms with E-state index in [0.717, 1.165) is 37.8 Å². The Labute approximate surface area is 145 Å². The number of rotatable bonds is 6. The van der Waals surface area contributed by atoms with E-state index in [1.54, 1.807) is 7.11 Å². The normalized spacial score (nSPS) is 17.4. The zero-order valence-electron chi connectivity index (χ0n) is 14.1. The maximum atomic E-state index is 5.48. The molecule has 0 aromatic heterocycles. The number of piperazine rings is 1. The van der Waals surface area contributed by atoms with Crippen LogP contribution in [0, 0.1) is 0 Å². The van der Waals surface area contributed by atoms with Gasteiger partial charge in [0.1, 0.15) is 0 Å². The number of nitrogens with zero attached hydrogens (tertiary/aromatic N) is 2. The second-order valence-corrected chi connectivity index (χ2v) is 6.29. The average molecular weight is 334 g/mol. The van der Waals surface area contributed by atoms with Gasteiger partial charge in [0, 0.05) is 45.9 Å². The van der Waals surface area contributed by atoms with Crippen molar-refractivity contribution in [3.63, 3.8) is 0 Å². The monoisotopic (exact) mass is 333 g/mol. The van der Waals surface area contributed by atoms with E-state index < -0.39 is 0 Å². The van der Waals surface area contributed by atoms with Gasteiger partial charge in [-0.15, -0.1) is 0 Å². The third-order valence-electron chi connectivity index (χ3n) is 3.92. The van der Waals surface area contributed by atoms with Crippen LogP contribution in [0.2, 0.25) is 0 Å². The van der Waals surface area contributed by atoms with Gasteiger partial charge in [-0.1, -0.05) is 42.5 Å². The number of methoxy groups -OCH3 is 1. The fraction of sp³-hybridized carbons (Fsp3) is 0.500. The maximum absolute atomic E-state index is 5.48. The minimum atomic E-state index is 0.249. The van der Waals surface area contributed by atoms with Crippen LogP contribution in [-0.4, -0.2) is 67.4 Å². The molecule has 1 unspecified atom stereocenters. The summed E-state index contributed by atoms with van der Waals surface area (Å²) in [5.74, 6) is 0. The number of thiocarbonyl (C=S) groups is 1. The van der Waals surface area contributed by atoms with Gasteiger partial charge >= 0.3 is 0 Å². The molecule has 1 heterocycles. The Morgan fingerprint density at radius 2 is 1.96 bits per heavy atom. The van der Waals surface area contributed by atoms with Crippen molar-refractivity contribution in [1.82, 2.24) is 15.1 Å². The topological polar surface area (TPSA) is 27.7 Å². The summed E-state index contributed by atoms with van der Waals surface area (Å²) in [7, 11) is 1.71. The van der Waals surface area contributed by atoms with E-state index in [1.807, 2.05) is 6.07 Å². The van der Waals surface area contributed by atoms with E-state index in [4.69, 9.17) is 17.0 Å². The second-order valence-electron chi connectivity index (χ2n) is 5.91. The molecule has 23 heavy (non-hydrogen) atoms. The van der Waals surface area contributed by atoms with Crippen molar-refractivity contribution in [1.29, 1.82) is 0 Å². The molecule has 4 nitrogen and oxygen atoms in total. The molecule has 0 spiro atoms. The fourth-order valence-corrected chi connectivity index (χ4v) is 3.01. The maximum Gasteiger partial charge on any atom is 0.169 e. The molecule has 1 saturated heterocycles. The van der Waals surface area contributed by atoms with Crippen molar-refractivity contribution in [3.8, 4) is 0 Å². The van der Waals surface area contributed by atoms with Gasteiger partial charge in [0.25, 0.3) is 0 Å². The molecule has 2 rings (SSSR count). The predicted molar refractivity (Wildman–Crippen MR) is 101 cm³/mol. The highest BCUT2D eigenvalue weighted by atomic mass is 32.1. The van der Waals surface area contributed by atoms with Crippen LogP contribution in [0.4, 0.5) is 0 Å². The lowest BCUT2D eigenvalue weighted by Gasteiger charge is -2.36. The predicted octanol–water partition coefficient (Wildman–Crippen LogP) is 2.23. The van der Waals surface area contributed by atoms with Crippen LogP contribution in [-0.2, 0) is 4.74 Å². The van der Waals surface area contributed by atoms with Crippen molar-refractivity contribution in [2.24, 2.45) is 0 Å². The summed E-state index contributed by atoms with van der Waals surface area (Å²) in [6, 6.07) is 10.7. The third-order valence-corrected chi connectivity index (χ3v) is 4.30. The molecule has 0 radical (unpaired) electrons. The lowest BCUT2D eigenvalue weighted by atomic mass is 10.2. The van der Waals surface area contributed by atoms with Gasteiger partial charge in [-0.3, -0.25) is 4.90 Å². The average Bonchev–Trinajstić information content (AvgIpc) is 2.56. The highest BCUT2D eigenvalue weighted by molar-refractivity contribution is 7.80. The molecule has 5 heteroatoms.